The standard InChI is InChI=1S/C18H30N2O/c1-6-11-19-17-9-7-16(8-10-17)18(21)20(12-14(2)3)13-15(4)5/h7-10,14-15,19H,6,11-13H2,1-5H3. The summed E-state index contributed by atoms with van der Waals surface area (Å²) >= 11 is 0. The predicted octanol–water partition coefficient (Wildman–Crippen LogP) is 4.26. The second-order valence-corrected chi connectivity index (χ2v) is 6.50. The Morgan fingerprint density at radius 2 is 1.57 bits per heavy atom. The Morgan fingerprint density at radius 3 is 2.00 bits per heavy atom. The first-order valence-electron chi connectivity index (χ1n) is 8.07. The van der Waals surface area contributed by atoms with Crippen LogP contribution in [0, 0.1) is 11.8 Å². The molecule has 0 fully saturated rings. The van der Waals surface area contributed by atoms with E-state index in [1.807, 2.05) is 29.2 Å². The van der Waals surface area contributed by atoms with Crippen LogP contribution >= 0.6 is 0 Å². The van der Waals surface area contributed by atoms with Gasteiger partial charge in [0.15, 0.2) is 0 Å². The molecule has 0 saturated heterocycles. The van der Waals surface area contributed by atoms with E-state index in [0.29, 0.717) is 11.8 Å². The van der Waals surface area contributed by atoms with Gasteiger partial charge in [-0.1, -0.05) is 34.6 Å². The molecule has 0 aliphatic carbocycles. The van der Waals surface area contributed by atoms with Crippen LogP contribution in [0.4, 0.5) is 5.69 Å². The van der Waals surface area contributed by atoms with Crippen LogP contribution in [-0.4, -0.2) is 30.4 Å². The summed E-state index contributed by atoms with van der Waals surface area (Å²) in [4.78, 5) is 14.6. The van der Waals surface area contributed by atoms with Gasteiger partial charge in [-0.05, 0) is 42.5 Å². The van der Waals surface area contributed by atoms with E-state index in [-0.39, 0.29) is 5.91 Å². The average Bonchev–Trinajstić information content (AvgIpc) is 2.43. The van der Waals surface area contributed by atoms with Crippen molar-refractivity contribution in [2.45, 2.75) is 41.0 Å². The highest BCUT2D eigenvalue weighted by Gasteiger charge is 2.17. The summed E-state index contributed by atoms with van der Waals surface area (Å²) in [6.45, 7) is 13.3. The summed E-state index contributed by atoms with van der Waals surface area (Å²) in [6.07, 6.45) is 1.09. The zero-order valence-electron chi connectivity index (χ0n) is 14.1. The molecule has 0 saturated carbocycles. The van der Waals surface area contributed by atoms with Crippen molar-refractivity contribution in [2.24, 2.45) is 11.8 Å². The van der Waals surface area contributed by atoms with Gasteiger partial charge in [-0.3, -0.25) is 4.79 Å². The van der Waals surface area contributed by atoms with Crippen LogP contribution in [0.1, 0.15) is 51.4 Å². The minimum absolute atomic E-state index is 0.138. The summed E-state index contributed by atoms with van der Waals surface area (Å²) in [7, 11) is 0. The van der Waals surface area contributed by atoms with Gasteiger partial charge in [0, 0.05) is 30.9 Å². The predicted molar refractivity (Wildman–Crippen MR) is 90.8 cm³/mol. The number of benzene rings is 1. The zero-order chi connectivity index (χ0) is 15.8. The minimum atomic E-state index is 0.138. The average molecular weight is 290 g/mol. The molecule has 1 aromatic carbocycles. The molecule has 0 aliphatic rings. The lowest BCUT2D eigenvalue weighted by molar-refractivity contribution is 0.0715. The van der Waals surface area contributed by atoms with E-state index >= 15 is 0 Å². The van der Waals surface area contributed by atoms with Crippen LogP contribution in [0.25, 0.3) is 0 Å². The number of carbonyl (C=O) groups is 1. The van der Waals surface area contributed by atoms with E-state index in [1.54, 1.807) is 0 Å². The molecule has 1 aromatic rings. The lowest BCUT2D eigenvalue weighted by atomic mass is 10.1. The number of hydrogen-bond donors (Lipinski definition) is 1. The van der Waals surface area contributed by atoms with Crippen molar-refractivity contribution in [3.05, 3.63) is 29.8 Å². The smallest absolute Gasteiger partial charge is 0.253 e. The molecule has 3 heteroatoms. The van der Waals surface area contributed by atoms with Gasteiger partial charge in [-0.15, -0.1) is 0 Å². The van der Waals surface area contributed by atoms with E-state index in [4.69, 9.17) is 0 Å². The molecule has 0 atom stereocenters. The van der Waals surface area contributed by atoms with Gasteiger partial charge in [0.2, 0.25) is 0 Å². The molecule has 0 radical (unpaired) electrons. The number of anilines is 1. The molecule has 0 aliphatic heterocycles. The van der Waals surface area contributed by atoms with E-state index in [0.717, 1.165) is 37.3 Å². The Bertz CT molecular complexity index is 413. The molecule has 0 spiro atoms. The van der Waals surface area contributed by atoms with E-state index in [9.17, 15) is 4.79 Å². The molecule has 1 rings (SSSR count). The summed E-state index contributed by atoms with van der Waals surface area (Å²) in [6, 6.07) is 7.83. The maximum atomic E-state index is 12.6. The maximum Gasteiger partial charge on any atom is 0.253 e. The van der Waals surface area contributed by atoms with Crippen LogP contribution < -0.4 is 5.32 Å². The minimum Gasteiger partial charge on any atom is -0.385 e. The van der Waals surface area contributed by atoms with E-state index in [2.05, 4.69) is 39.9 Å². The van der Waals surface area contributed by atoms with Crippen LogP contribution in [0.15, 0.2) is 24.3 Å². The first kappa shape index (κ1) is 17.5. The van der Waals surface area contributed by atoms with Gasteiger partial charge in [0.05, 0.1) is 0 Å². The third-order valence-electron chi connectivity index (χ3n) is 3.17. The molecule has 1 N–H and O–H groups in total. The fourth-order valence-electron chi connectivity index (χ4n) is 2.30. The first-order valence-corrected chi connectivity index (χ1v) is 8.07. The summed E-state index contributed by atoms with van der Waals surface area (Å²) < 4.78 is 0. The summed E-state index contributed by atoms with van der Waals surface area (Å²) in [5.74, 6) is 1.11. The SMILES string of the molecule is CCCNc1ccc(C(=O)N(CC(C)C)CC(C)C)cc1. The number of nitrogens with one attached hydrogen (secondary N) is 1. The highest BCUT2D eigenvalue weighted by Crippen LogP contribution is 2.14. The van der Waals surface area contributed by atoms with Crippen LogP contribution in [-0.2, 0) is 0 Å². The highest BCUT2D eigenvalue weighted by atomic mass is 16.2. The van der Waals surface area contributed by atoms with Crippen molar-refractivity contribution in [3.8, 4) is 0 Å². The second kappa shape index (κ2) is 8.71. The van der Waals surface area contributed by atoms with Crippen LogP contribution in [0.3, 0.4) is 0 Å². The summed E-state index contributed by atoms with van der Waals surface area (Å²) in [5.41, 5.74) is 1.85. The highest BCUT2D eigenvalue weighted by molar-refractivity contribution is 5.94. The lowest BCUT2D eigenvalue weighted by Crippen LogP contribution is -2.37. The monoisotopic (exact) mass is 290 g/mol. The molecule has 21 heavy (non-hydrogen) atoms. The number of amides is 1. The van der Waals surface area contributed by atoms with Gasteiger partial charge < -0.3 is 10.2 Å². The number of hydrogen-bond acceptors (Lipinski definition) is 2. The van der Waals surface area contributed by atoms with Gasteiger partial charge >= 0.3 is 0 Å². The zero-order valence-corrected chi connectivity index (χ0v) is 14.1. The Hall–Kier alpha value is -1.51. The number of carbonyl (C=O) groups excluding carboxylic acids is 1. The van der Waals surface area contributed by atoms with E-state index < -0.39 is 0 Å². The largest absolute Gasteiger partial charge is 0.385 e. The van der Waals surface area contributed by atoms with Gasteiger partial charge in [-0.2, -0.15) is 0 Å². The number of rotatable bonds is 8. The van der Waals surface area contributed by atoms with Crippen molar-refractivity contribution in [1.29, 1.82) is 0 Å². The maximum absolute atomic E-state index is 12.6. The Labute approximate surface area is 129 Å². The van der Waals surface area contributed by atoms with Crippen molar-refractivity contribution >= 4 is 11.6 Å². The van der Waals surface area contributed by atoms with Crippen molar-refractivity contribution in [2.75, 3.05) is 25.0 Å². The summed E-state index contributed by atoms with van der Waals surface area (Å²) in [5, 5.41) is 3.33. The first-order chi connectivity index (χ1) is 9.93. The third kappa shape index (κ3) is 6.19. The molecule has 0 unspecified atom stereocenters. The quantitative estimate of drug-likeness (QED) is 0.775. The fraction of sp³-hybridized carbons (Fsp3) is 0.611. The topological polar surface area (TPSA) is 32.3 Å². The van der Waals surface area contributed by atoms with Crippen LogP contribution in [0.2, 0.25) is 0 Å². The number of nitrogens with zero attached hydrogens (tertiary/aromatic N) is 1. The molecule has 0 aromatic heterocycles. The van der Waals surface area contributed by atoms with Gasteiger partial charge in [-0.25, -0.2) is 0 Å². The van der Waals surface area contributed by atoms with Crippen LogP contribution in [0.5, 0.6) is 0 Å². The van der Waals surface area contributed by atoms with Crippen molar-refractivity contribution in [3.63, 3.8) is 0 Å². The Morgan fingerprint density at radius 1 is 1.05 bits per heavy atom. The molecular weight excluding hydrogens is 260 g/mol. The van der Waals surface area contributed by atoms with Crippen molar-refractivity contribution in [1.82, 2.24) is 4.90 Å². The van der Waals surface area contributed by atoms with E-state index in [1.165, 1.54) is 0 Å². The van der Waals surface area contributed by atoms with Gasteiger partial charge in [0.1, 0.15) is 0 Å². The molecule has 1 amide bonds. The Kier molecular flexibility index (Phi) is 7.27. The molecular formula is C18H30N2O. The lowest BCUT2D eigenvalue weighted by Gasteiger charge is -2.26. The molecule has 118 valence electrons. The fourth-order valence-corrected chi connectivity index (χ4v) is 2.30. The normalized spacial score (nSPS) is 11.0. The molecule has 0 heterocycles. The third-order valence-corrected chi connectivity index (χ3v) is 3.17. The van der Waals surface area contributed by atoms with Crippen molar-refractivity contribution < 1.29 is 4.79 Å². The Balaban J connectivity index is 2.77. The molecule has 0 bridgehead atoms. The van der Waals surface area contributed by atoms with Gasteiger partial charge in [0.25, 0.3) is 5.91 Å². The second-order valence-electron chi connectivity index (χ2n) is 6.50. The molecule has 3 nitrogen and oxygen atoms in total.